The zero-order valence-electron chi connectivity index (χ0n) is 7.53. The smallest absolute Gasteiger partial charge is 0.0572 e. The van der Waals surface area contributed by atoms with Crippen LogP contribution in [0.1, 0.15) is 30.6 Å². The number of hydrogen-bond donors (Lipinski definition) is 1. The van der Waals surface area contributed by atoms with E-state index in [1.807, 2.05) is 11.4 Å². The van der Waals surface area contributed by atoms with Gasteiger partial charge in [0.15, 0.2) is 0 Å². The van der Waals surface area contributed by atoms with E-state index in [0.717, 1.165) is 17.9 Å². The second-order valence-corrected chi connectivity index (χ2v) is 5.10. The highest BCUT2D eigenvalue weighted by Crippen LogP contribution is 2.44. The molecule has 2 rings (SSSR count). The largest absolute Gasteiger partial charge is 0.393 e. The summed E-state index contributed by atoms with van der Waals surface area (Å²) < 4.78 is 0. The van der Waals surface area contributed by atoms with Crippen molar-refractivity contribution in [1.82, 2.24) is 0 Å². The molecule has 1 aromatic heterocycles. The molecule has 0 bridgehead atoms. The summed E-state index contributed by atoms with van der Waals surface area (Å²) in [4.78, 5) is 1.26. The van der Waals surface area contributed by atoms with E-state index < -0.39 is 0 Å². The zero-order valence-corrected chi connectivity index (χ0v) is 9.11. The molecular formula is C10H13ClOS. The van der Waals surface area contributed by atoms with Gasteiger partial charge >= 0.3 is 0 Å². The SMILES string of the molecule is CC1C(O)CCC1c1sccc1Cl. The summed E-state index contributed by atoms with van der Waals surface area (Å²) in [5.41, 5.74) is 0. The Morgan fingerprint density at radius 3 is 2.77 bits per heavy atom. The lowest BCUT2D eigenvalue weighted by Crippen LogP contribution is -2.13. The predicted molar refractivity (Wildman–Crippen MR) is 56.5 cm³/mol. The Labute approximate surface area is 87.4 Å². The summed E-state index contributed by atoms with van der Waals surface area (Å²) in [6.07, 6.45) is 1.85. The van der Waals surface area contributed by atoms with Crippen molar-refractivity contribution >= 4 is 22.9 Å². The Hall–Kier alpha value is -0.0500. The maximum absolute atomic E-state index is 9.62. The van der Waals surface area contributed by atoms with Crippen molar-refractivity contribution in [3.8, 4) is 0 Å². The van der Waals surface area contributed by atoms with Crippen molar-refractivity contribution in [3.05, 3.63) is 21.3 Å². The molecule has 0 saturated heterocycles. The first-order valence-corrected chi connectivity index (χ1v) is 5.87. The minimum absolute atomic E-state index is 0.136. The Morgan fingerprint density at radius 2 is 2.31 bits per heavy atom. The molecule has 13 heavy (non-hydrogen) atoms. The van der Waals surface area contributed by atoms with Gasteiger partial charge in [-0.25, -0.2) is 0 Å². The summed E-state index contributed by atoms with van der Waals surface area (Å²) in [5, 5.41) is 12.5. The maximum Gasteiger partial charge on any atom is 0.0572 e. The lowest BCUT2D eigenvalue weighted by Gasteiger charge is -2.16. The van der Waals surface area contributed by atoms with Gasteiger partial charge in [0.2, 0.25) is 0 Å². The molecule has 0 aromatic carbocycles. The maximum atomic E-state index is 9.62. The molecule has 1 saturated carbocycles. The second-order valence-electron chi connectivity index (χ2n) is 3.74. The highest BCUT2D eigenvalue weighted by atomic mass is 35.5. The second kappa shape index (κ2) is 3.60. The molecule has 72 valence electrons. The van der Waals surface area contributed by atoms with Gasteiger partial charge in [-0.05, 0) is 36.1 Å². The van der Waals surface area contributed by atoms with Crippen LogP contribution in [0, 0.1) is 5.92 Å². The molecule has 1 heterocycles. The topological polar surface area (TPSA) is 20.2 Å². The number of aliphatic hydroxyl groups is 1. The minimum Gasteiger partial charge on any atom is -0.393 e. The third-order valence-electron chi connectivity index (χ3n) is 3.00. The predicted octanol–water partition coefficient (Wildman–Crippen LogP) is 3.28. The Bertz CT molecular complexity index is 297. The van der Waals surface area contributed by atoms with E-state index in [4.69, 9.17) is 11.6 Å². The molecular weight excluding hydrogens is 204 g/mol. The van der Waals surface area contributed by atoms with Gasteiger partial charge in [0.25, 0.3) is 0 Å². The average Bonchev–Trinajstić information content (AvgIpc) is 2.62. The third kappa shape index (κ3) is 1.63. The molecule has 0 amide bonds. The minimum atomic E-state index is -0.136. The molecule has 3 heteroatoms. The fourth-order valence-electron chi connectivity index (χ4n) is 2.08. The van der Waals surface area contributed by atoms with Gasteiger partial charge in [-0.2, -0.15) is 0 Å². The highest BCUT2D eigenvalue weighted by molar-refractivity contribution is 7.10. The van der Waals surface area contributed by atoms with Crippen LogP contribution in [-0.2, 0) is 0 Å². The van der Waals surface area contributed by atoms with E-state index in [0.29, 0.717) is 11.8 Å². The fraction of sp³-hybridized carbons (Fsp3) is 0.600. The summed E-state index contributed by atoms with van der Waals surface area (Å²) >= 11 is 7.77. The van der Waals surface area contributed by atoms with Crippen LogP contribution in [0.2, 0.25) is 5.02 Å². The van der Waals surface area contributed by atoms with Crippen LogP contribution in [0.5, 0.6) is 0 Å². The standard InChI is InChI=1S/C10H13ClOS/c1-6-7(2-3-9(6)12)10-8(11)4-5-13-10/h4-7,9,12H,2-3H2,1H3. The van der Waals surface area contributed by atoms with Gasteiger partial charge in [-0.15, -0.1) is 11.3 Å². The quantitative estimate of drug-likeness (QED) is 0.764. The van der Waals surface area contributed by atoms with Crippen LogP contribution < -0.4 is 0 Å². The number of rotatable bonds is 1. The van der Waals surface area contributed by atoms with Gasteiger partial charge in [0, 0.05) is 4.88 Å². The molecule has 1 aromatic rings. The first kappa shape index (κ1) is 9.50. The van der Waals surface area contributed by atoms with Crippen molar-refractivity contribution in [2.75, 3.05) is 0 Å². The Kier molecular flexibility index (Phi) is 2.63. The average molecular weight is 217 g/mol. The van der Waals surface area contributed by atoms with Gasteiger partial charge < -0.3 is 5.11 Å². The van der Waals surface area contributed by atoms with Crippen molar-refractivity contribution in [2.24, 2.45) is 5.92 Å². The lowest BCUT2D eigenvalue weighted by atomic mass is 9.95. The molecule has 0 radical (unpaired) electrons. The van der Waals surface area contributed by atoms with Gasteiger partial charge in [0.05, 0.1) is 11.1 Å². The van der Waals surface area contributed by atoms with Crippen LogP contribution in [0.3, 0.4) is 0 Å². The number of aliphatic hydroxyl groups excluding tert-OH is 1. The molecule has 0 spiro atoms. The molecule has 0 aliphatic heterocycles. The van der Waals surface area contributed by atoms with Crippen LogP contribution >= 0.6 is 22.9 Å². The van der Waals surface area contributed by atoms with Gasteiger partial charge in [-0.1, -0.05) is 18.5 Å². The Balaban J connectivity index is 2.23. The van der Waals surface area contributed by atoms with E-state index in [1.54, 1.807) is 11.3 Å². The number of hydrogen-bond acceptors (Lipinski definition) is 2. The molecule has 1 nitrogen and oxygen atoms in total. The summed E-state index contributed by atoms with van der Waals surface area (Å²) in [6, 6.07) is 1.94. The van der Waals surface area contributed by atoms with Crippen LogP contribution in [0.4, 0.5) is 0 Å². The van der Waals surface area contributed by atoms with Gasteiger partial charge in [0.1, 0.15) is 0 Å². The first-order valence-electron chi connectivity index (χ1n) is 4.61. The first-order chi connectivity index (χ1) is 6.20. The Morgan fingerprint density at radius 1 is 1.54 bits per heavy atom. The lowest BCUT2D eigenvalue weighted by molar-refractivity contribution is 0.137. The van der Waals surface area contributed by atoms with Crippen molar-refractivity contribution < 1.29 is 5.11 Å². The molecule has 3 unspecified atom stereocenters. The highest BCUT2D eigenvalue weighted by Gasteiger charge is 2.33. The molecule has 1 aliphatic carbocycles. The summed E-state index contributed by atoms with van der Waals surface area (Å²) in [5.74, 6) is 0.832. The number of thiophene rings is 1. The molecule has 3 atom stereocenters. The molecule has 1 aliphatic rings. The van der Waals surface area contributed by atoms with Crippen molar-refractivity contribution in [1.29, 1.82) is 0 Å². The summed E-state index contributed by atoms with van der Waals surface area (Å²) in [7, 11) is 0. The number of halogens is 1. The van der Waals surface area contributed by atoms with E-state index in [1.165, 1.54) is 4.88 Å². The third-order valence-corrected chi connectivity index (χ3v) is 4.49. The molecule has 1 N–H and O–H groups in total. The van der Waals surface area contributed by atoms with Crippen molar-refractivity contribution in [2.45, 2.75) is 31.8 Å². The summed E-state index contributed by atoms with van der Waals surface area (Å²) in [6.45, 7) is 2.11. The van der Waals surface area contributed by atoms with E-state index in [2.05, 4.69) is 6.92 Å². The van der Waals surface area contributed by atoms with E-state index in [-0.39, 0.29) is 6.10 Å². The molecule has 1 fully saturated rings. The normalized spacial score (nSPS) is 33.9. The van der Waals surface area contributed by atoms with Gasteiger partial charge in [-0.3, -0.25) is 0 Å². The van der Waals surface area contributed by atoms with Crippen LogP contribution in [0.15, 0.2) is 11.4 Å². The van der Waals surface area contributed by atoms with E-state index >= 15 is 0 Å². The fourth-order valence-corrected chi connectivity index (χ4v) is 3.53. The van der Waals surface area contributed by atoms with E-state index in [9.17, 15) is 5.11 Å². The zero-order chi connectivity index (χ0) is 9.42. The van der Waals surface area contributed by atoms with Crippen LogP contribution in [0.25, 0.3) is 0 Å². The monoisotopic (exact) mass is 216 g/mol. The van der Waals surface area contributed by atoms with Crippen molar-refractivity contribution in [3.63, 3.8) is 0 Å². The van der Waals surface area contributed by atoms with Crippen LogP contribution in [-0.4, -0.2) is 11.2 Å².